The lowest BCUT2D eigenvalue weighted by molar-refractivity contribution is 0.381. The van der Waals surface area contributed by atoms with Crippen LogP contribution in [0.3, 0.4) is 0 Å². The molecule has 2 aromatic rings. The highest BCUT2D eigenvalue weighted by Crippen LogP contribution is 2.40. The number of phenols is 1. The molecule has 1 N–H and O–H groups in total. The van der Waals surface area contributed by atoms with Crippen molar-refractivity contribution in [3.8, 4) is 11.5 Å². The Morgan fingerprint density at radius 3 is 2.07 bits per heavy atom. The van der Waals surface area contributed by atoms with Crippen LogP contribution >= 0.6 is 0 Å². The van der Waals surface area contributed by atoms with Gasteiger partial charge in [-0.15, -0.1) is 0 Å². The molecule has 1 aliphatic carbocycles. The molecule has 0 atom stereocenters. The van der Waals surface area contributed by atoms with Crippen molar-refractivity contribution in [2.75, 3.05) is 7.11 Å². The van der Waals surface area contributed by atoms with Gasteiger partial charge in [-0.1, -0.05) is 19.3 Å². The molecule has 0 heterocycles. The summed E-state index contributed by atoms with van der Waals surface area (Å²) in [6.45, 7) is 0. The van der Waals surface area contributed by atoms with E-state index >= 15 is 0 Å². The fourth-order valence-corrected chi connectivity index (χ4v) is 3.43. The van der Waals surface area contributed by atoms with Gasteiger partial charge in [0.25, 0.3) is 0 Å². The van der Waals surface area contributed by atoms with Gasteiger partial charge in [0.2, 0.25) is 5.82 Å². The number of ether oxygens (including phenoxy) is 1. The first kappa shape index (κ1) is 20.1. The maximum atomic E-state index is 13.8. The third-order valence-corrected chi connectivity index (χ3v) is 4.94. The Bertz CT molecular complexity index is 895. The van der Waals surface area contributed by atoms with Crippen LogP contribution in [-0.4, -0.2) is 18.4 Å². The average molecular weight is 399 g/mol. The van der Waals surface area contributed by atoms with Crippen molar-refractivity contribution in [1.29, 1.82) is 0 Å². The summed E-state index contributed by atoms with van der Waals surface area (Å²) in [6.07, 6.45) is 5.73. The second kappa shape index (κ2) is 8.16. The van der Waals surface area contributed by atoms with Gasteiger partial charge in [0, 0.05) is 17.3 Å². The number of halogens is 5. The molecule has 8 heteroatoms. The van der Waals surface area contributed by atoms with Crippen LogP contribution in [0, 0.1) is 29.1 Å². The zero-order valence-corrected chi connectivity index (χ0v) is 15.0. The lowest BCUT2D eigenvalue weighted by Crippen LogP contribution is -2.06. The number of hydrogen-bond acceptors (Lipinski definition) is 3. The van der Waals surface area contributed by atoms with Crippen LogP contribution in [0.25, 0.3) is 0 Å². The number of rotatable bonds is 4. The summed E-state index contributed by atoms with van der Waals surface area (Å²) in [5.41, 5.74) is -0.653. The van der Waals surface area contributed by atoms with Crippen molar-refractivity contribution < 1.29 is 31.8 Å². The van der Waals surface area contributed by atoms with Gasteiger partial charge in [0.15, 0.2) is 23.3 Å². The van der Waals surface area contributed by atoms with Gasteiger partial charge in [-0.2, -0.15) is 0 Å². The molecule has 0 bridgehead atoms. The zero-order valence-electron chi connectivity index (χ0n) is 15.0. The molecule has 1 saturated carbocycles. The topological polar surface area (TPSA) is 41.8 Å². The highest BCUT2D eigenvalue weighted by Gasteiger charge is 2.26. The van der Waals surface area contributed by atoms with Crippen LogP contribution in [0.4, 0.5) is 27.6 Å². The molecule has 0 spiro atoms. The van der Waals surface area contributed by atoms with E-state index in [1.165, 1.54) is 13.2 Å². The molecule has 0 aromatic heterocycles. The predicted molar refractivity (Wildman–Crippen MR) is 94.0 cm³/mol. The number of methoxy groups -OCH3 is 1. The van der Waals surface area contributed by atoms with Gasteiger partial charge >= 0.3 is 0 Å². The third kappa shape index (κ3) is 3.68. The summed E-state index contributed by atoms with van der Waals surface area (Å²) in [5, 5.41) is 10.6. The summed E-state index contributed by atoms with van der Waals surface area (Å²) in [5.74, 6) is -10.2. The van der Waals surface area contributed by atoms with E-state index in [0.717, 1.165) is 38.3 Å². The molecule has 0 aliphatic heterocycles. The maximum absolute atomic E-state index is 13.8. The van der Waals surface area contributed by atoms with Gasteiger partial charge < -0.3 is 9.84 Å². The molecular weight excluding hydrogens is 381 g/mol. The Balaban J connectivity index is 2.05. The second-order valence-corrected chi connectivity index (χ2v) is 6.67. The SMILES string of the molecule is COc1cc(C=Nc2c(F)c(F)c(F)c(F)c2F)c(O)c(C2CCCCC2)c1. The predicted octanol–water partition coefficient (Wildman–Crippen LogP) is 5.89. The van der Waals surface area contributed by atoms with E-state index in [0.29, 0.717) is 11.3 Å². The van der Waals surface area contributed by atoms with Crippen molar-refractivity contribution in [1.82, 2.24) is 0 Å². The lowest BCUT2D eigenvalue weighted by Gasteiger charge is -2.24. The first-order valence-electron chi connectivity index (χ1n) is 8.81. The molecule has 0 unspecified atom stereocenters. The van der Waals surface area contributed by atoms with E-state index in [1.54, 1.807) is 6.07 Å². The highest BCUT2D eigenvalue weighted by atomic mass is 19.2. The Hall–Kier alpha value is -2.64. The van der Waals surface area contributed by atoms with E-state index in [1.807, 2.05) is 0 Å². The number of phenolic OH excluding ortho intramolecular Hbond substituents is 1. The number of aromatic hydroxyl groups is 1. The molecule has 2 aromatic carbocycles. The van der Waals surface area contributed by atoms with E-state index in [9.17, 15) is 27.1 Å². The lowest BCUT2D eigenvalue weighted by atomic mass is 9.83. The summed E-state index contributed by atoms with van der Waals surface area (Å²) < 4.78 is 72.6. The van der Waals surface area contributed by atoms with Crippen LogP contribution < -0.4 is 4.74 Å². The molecular formula is C20H18F5NO2. The Morgan fingerprint density at radius 1 is 0.929 bits per heavy atom. The fourth-order valence-electron chi connectivity index (χ4n) is 3.43. The van der Waals surface area contributed by atoms with Crippen LogP contribution in [0.15, 0.2) is 17.1 Å². The number of benzene rings is 2. The van der Waals surface area contributed by atoms with E-state index in [4.69, 9.17) is 4.74 Å². The molecule has 150 valence electrons. The second-order valence-electron chi connectivity index (χ2n) is 6.67. The molecule has 28 heavy (non-hydrogen) atoms. The summed E-state index contributed by atoms with van der Waals surface area (Å²) in [4.78, 5) is 3.42. The summed E-state index contributed by atoms with van der Waals surface area (Å²) >= 11 is 0. The van der Waals surface area contributed by atoms with Crippen molar-refractivity contribution in [3.05, 3.63) is 52.3 Å². The van der Waals surface area contributed by atoms with Crippen LogP contribution in [0.5, 0.6) is 11.5 Å². The Morgan fingerprint density at radius 2 is 1.50 bits per heavy atom. The molecule has 0 saturated heterocycles. The standard InChI is InChI=1S/C20H18F5NO2/c1-28-12-7-11(20(27)13(8-12)10-5-3-2-4-6-10)9-26-19-17(24)15(22)14(21)16(23)18(19)25/h7-10,27H,2-6H2,1H3. The van der Waals surface area contributed by atoms with Crippen LogP contribution in [-0.2, 0) is 0 Å². The smallest absolute Gasteiger partial charge is 0.200 e. The van der Waals surface area contributed by atoms with E-state index in [2.05, 4.69) is 4.99 Å². The minimum Gasteiger partial charge on any atom is -0.507 e. The van der Waals surface area contributed by atoms with Gasteiger partial charge in [0.05, 0.1) is 7.11 Å². The molecule has 1 fully saturated rings. The van der Waals surface area contributed by atoms with E-state index in [-0.39, 0.29) is 17.2 Å². The first-order chi connectivity index (χ1) is 13.3. The molecule has 0 radical (unpaired) electrons. The highest BCUT2D eigenvalue weighted by molar-refractivity contribution is 5.87. The van der Waals surface area contributed by atoms with Crippen LogP contribution in [0.1, 0.15) is 49.1 Å². The zero-order chi connectivity index (χ0) is 20.4. The summed E-state index contributed by atoms with van der Waals surface area (Å²) in [6, 6.07) is 3.05. The average Bonchev–Trinajstić information content (AvgIpc) is 2.72. The van der Waals surface area contributed by atoms with Gasteiger partial charge in [-0.05, 0) is 30.9 Å². The molecule has 3 nitrogen and oxygen atoms in total. The number of hydrogen-bond donors (Lipinski definition) is 1. The van der Waals surface area contributed by atoms with E-state index < -0.39 is 34.8 Å². The largest absolute Gasteiger partial charge is 0.507 e. The minimum absolute atomic E-state index is 0.0591. The quantitative estimate of drug-likeness (QED) is 0.301. The monoisotopic (exact) mass is 399 g/mol. The molecule has 1 aliphatic rings. The molecule has 0 amide bonds. The van der Waals surface area contributed by atoms with Crippen molar-refractivity contribution in [3.63, 3.8) is 0 Å². The van der Waals surface area contributed by atoms with Gasteiger partial charge in [0.1, 0.15) is 17.2 Å². The maximum Gasteiger partial charge on any atom is 0.200 e. The number of aliphatic imine (C=N–C) groups is 1. The van der Waals surface area contributed by atoms with Crippen molar-refractivity contribution in [2.45, 2.75) is 38.0 Å². The normalized spacial score (nSPS) is 15.4. The van der Waals surface area contributed by atoms with Crippen molar-refractivity contribution >= 4 is 11.9 Å². The third-order valence-electron chi connectivity index (χ3n) is 4.94. The first-order valence-corrected chi connectivity index (χ1v) is 8.81. The van der Waals surface area contributed by atoms with Crippen molar-refractivity contribution in [2.24, 2.45) is 4.99 Å². The Kier molecular flexibility index (Phi) is 5.86. The fraction of sp³-hybridized carbons (Fsp3) is 0.350. The summed E-state index contributed by atoms with van der Waals surface area (Å²) in [7, 11) is 1.42. The van der Waals surface area contributed by atoms with Crippen LogP contribution in [0.2, 0.25) is 0 Å². The Labute approximate surface area is 158 Å². The molecule has 3 rings (SSSR count). The minimum atomic E-state index is -2.25. The van der Waals surface area contributed by atoms with Gasteiger partial charge in [-0.3, -0.25) is 0 Å². The van der Waals surface area contributed by atoms with Gasteiger partial charge in [-0.25, -0.2) is 26.9 Å². The number of nitrogens with zero attached hydrogens (tertiary/aromatic N) is 1.